The van der Waals surface area contributed by atoms with E-state index >= 15 is 0 Å². The summed E-state index contributed by atoms with van der Waals surface area (Å²) in [7, 11) is 0. The molecule has 0 aliphatic carbocycles. The van der Waals surface area contributed by atoms with Crippen LogP contribution in [0.2, 0.25) is 0 Å². The fourth-order valence-corrected chi connectivity index (χ4v) is 2.80. The van der Waals surface area contributed by atoms with E-state index in [1.165, 1.54) is 10.4 Å². The van der Waals surface area contributed by atoms with Gasteiger partial charge in [-0.3, -0.25) is 0 Å². The molecule has 22 heavy (non-hydrogen) atoms. The van der Waals surface area contributed by atoms with Crippen molar-refractivity contribution in [1.82, 2.24) is 10.6 Å². The van der Waals surface area contributed by atoms with Gasteiger partial charge in [0.1, 0.15) is 0 Å². The van der Waals surface area contributed by atoms with Crippen LogP contribution in [-0.2, 0) is 6.54 Å². The van der Waals surface area contributed by atoms with Crippen LogP contribution < -0.4 is 10.6 Å². The Hall–Kier alpha value is -1.08. The van der Waals surface area contributed by atoms with Crippen LogP contribution in [0, 0.1) is 0 Å². The van der Waals surface area contributed by atoms with Gasteiger partial charge in [0.05, 0.1) is 6.54 Å². The Kier molecular flexibility index (Phi) is 9.15. The molecule has 3 nitrogen and oxygen atoms in total. The van der Waals surface area contributed by atoms with E-state index < -0.39 is 0 Å². The van der Waals surface area contributed by atoms with Crippen molar-refractivity contribution in [3.63, 3.8) is 0 Å². The zero-order chi connectivity index (χ0) is 14.9. The van der Waals surface area contributed by atoms with E-state index in [1.807, 2.05) is 18.2 Å². The Morgan fingerprint density at radius 1 is 1.14 bits per heavy atom. The maximum absolute atomic E-state index is 4.63. The van der Waals surface area contributed by atoms with E-state index in [0.29, 0.717) is 12.5 Å². The van der Waals surface area contributed by atoms with E-state index in [-0.39, 0.29) is 24.0 Å². The summed E-state index contributed by atoms with van der Waals surface area (Å²) in [4.78, 5) is 6.04. The molecular formula is C17H24IN3S. The number of aliphatic imine (C=N–C) groups is 1. The molecule has 2 aromatic rings. The quantitative estimate of drug-likeness (QED) is 0.410. The molecule has 0 saturated carbocycles. The monoisotopic (exact) mass is 429 g/mol. The summed E-state index contributed by atoms with van der Waals surface area (Å²) in [5.41, 5.74) is 1.22. The highest BCUT2D eigenvalue weighted by atomic mass is 127. The highest BCUT2D eigenvalue weighted by Crippen LogP contribution is 2.19. The number of thiophene rings is 1. The topological polar surface area (TPSA) is 36.4 Å². The summed E-state index contributed by atoms with van der Waals surface area (Å²) in [5, 5.41) is 8.85. The van der Waals surface area contributed by atoms with Crippen LogP contribution >= 0.6 is 35.3 Å². The lowest BCUT2D eigenvalue weighted by Crippen LogP contribution is -2.39. The van der Waals surface area contributed by atoms with Gasteiger partial charge in [0.15, 0.2) is 5.96 Å². The van der Waals surface area contributed by atoms with Crippen LogP contribution in [0.3, 0.4) is 0 Å². The van der Waals surface area contributed by atoms with Gasteiger partial charge in [0.2, 0.25) is 0 Å². The number of hydrogen-bond donors (Lipinski definition) is 2. The molecule has 0 radical (unpaired) electrons. The van der Waals surface area contributed by atoms with Crippen molar-refractivity contribution in [2.75, 3.05) is 13.1 Å². The summed E-state index contributed by atoms with van der Waals surface area (Å²) < 4.78 is 0. The molecule has 120 valence electrons. The van der Waals surface area contributed by atoms with Gasteiger partial charge in [0.25, 0.3) is 0 Å². The third kappa shape index (κ3) is 6.36. The molecule has 1 heterocycles. The lowest BCUT2D eigenvalue weighted by Gasteiger charge is -2.15. The maximum Gasteiger partial charge on any atom is 0.191 e. The summed E-state index contributed by atoms with van der Waals surface area (Å²) in [6, 6.07) is 14.6. The minimum absolute atomic E-state index is 0. The second-order valence-corrected chi connectivity index (χ2v) is 5.96. The van der Waals surface area contributed by atoms with Crippen LogP contribution in [0.4, 0.5) is 0 Å². The number of rotatable bonds is 6. The van der Waals surface area contributed by atoms with Gasteiger partial charge in [-0.15, -0.1) is 35.3 Å². The third-order valence-corrected chi connectivity index (χ3v) is 4.32. The Morgan fingerprint density at radius 2 is 1.91 bits per heavy atom. The number of nitrogens with one attached hydrogen (secondary N) is 2. The molecule has 0 bridgehead atoms. The molecule has 1 aromatic carbocycles. The SMILES string of the molecule is CCNC(=NCc1ccccc1)NCC(C)c1cccs1.I. The summed E-state index contributed by atoms with van der Waals surface area (Å²) in [6.07, 6.45) is 0. The summed E-state index contributed by atoms with van der Waals surface area (Å²) in [5.74, 6) is 1.37. The molecule has 1 atom stereocenters. The van der Waals surface area contributed by atoms with Gasteiger partial charge in [-0.2, -0.15) is 0 Å². The third-order valence-electron chi connectivity index (χ3n) is 3.21. The van der Waals surface area contributed by atoms with Gasteiger partial charge < -0.3 is 10.6 Å². The molecule has 1 aromatic heterocycles. The average molecular weight is 429 g/mol. The van der Waals surface area contributed by atoms with Gasteiger partial charge in [0, 0.05) is 23.9 Å². The largest absolute Gasteiger partial charge is 0.357 e. The molecule has 0 spiro atoms. The molecule has 1 unspecified atom stereocenters. The van der Waals surface area contributed by atoms with Gasteiger partial charge >= 0.3 is 0 Å². The number of nitrogens with zero attached hydrogens (tertiary/aromatic N) is 1. The van der Waals surface area contributed by atoms with Crippen LogP contribution in [-0.4, -0.2) is 19.0 Å². The van der Waals surface area contributed by atoms with Gasteiger partial charge in [-0.25, -0.2) is 4.99 Å². The molecule has 0 aliphatic rings. The predicted octanol–water partition coefficient (Wildman–Crippen LogP) is 4.22. The minimum Gasteiger partial charge on any atom is -0.357 e. The van der Waals surface area contributed by atoms with E-state index in [4.69, 9.17) is 0 Å². The first-order chi connectivity index (χ1) is 10.3. The Bertz CT molecular complexity index is 540. The first kappa shape index (κ1) is 19.0. The number of hydrogen-bond acceptors (Lipinski definition) is 2. The van der Waals surface area contributed by atoms with Crippen LogP contribution in [0.15, 0.2) is 52.8 Å². The molecule has 0 amide bonds. The van der Waals surface area contributed by atoms with Crippen molar-refractivity contribution in [3.05, 3.63) is 58.3 Å². The van der Waals surface area contributed by atoms with Crippen molar-refractivity contribution < 1.29 is 0 Å². The zero-order valence-corrected chi connectivity index (χ0v) is 16.2. The maximum atomic E-state index is 4.63. The lowest BCUT2D eigenvalue weighted by molar-refractivity contribution is 0.709. The molecule has 2 N–H and O–H groups in total. The molecule has 5 heteroatoms. The van der Waals surface area contributed by atoms with Gasteiger partial charge in [-0.05, 0) is 23.9 Å². The van der Waals surface area contributed by atoms with E-state index in [9.17, 15) is 0 Å². The Balaban J connectivity index is 0.00000242. The Morgan fingerprint density at radius 3 is 2.55 bits per heavy atom. The fourth-order valence-electron chi connectivity index (χ4n) is 2.02. The normalized spacial score (nSPS) is 12.4. The second-order valence-electron chi connectivity index (χ2n) is 4.98. The number of benzene rings is 1. The highest BCUT2D eigenvalue weighted by Gasteiger charge is 2.07. The van der Waals surface area contributed by atoms with E-state index in [0.717, 1.165) is 19.0 Å². The predicted molar refractivity (Wildman–Crippen MR) is 107 cm³/mol. The standard InChI is InChI=1S/C17H23N3S.HI/c1-3-18-17(20-13-15-8-5-4-6-9-15)19-12-14(2)16-10-7-11-21-16;/h4-11,14H,3,12-13H2,1-2H3,(H2,18,19,20);1H. The van der Waals surface area contributed by atoms with Crippen LogP contribution in [0.5, 0.6) is 0 Å². The van der Waals surface area contributed by atoms with Crippen molar-refractivity contribution >= 4 is 41.3 Å². The first-order valence-electron chi connectivity index (χ1n) is 7.39. The number of halogens is 1. The fraction of sp³-hybridized carbons (Fsp3) is 0.353. The van der Waals surface area contributed by atoms with Crippen LogP contribution in [0.25, 0.3) is 0 Å². The van der Waals surface area contributed by atoms with Gasteiger partial charge in [-0.1, -0.05) is 43.3 Å². The summed E-state index contributed by atoms with van der Waals surface area (Å²) in [6.45, 7) is 6.78. The molecule has 2 rings (SSSR count). The Labute approximate surface area is 154 Å². The summed E-state index contributed by atoms with van der Waals surface area (Å²) >= 11 is 1.81. The zero-order valence-electron chi connectivity index (χ0n) is 13.1. The average Bonchev–Trinajstić information content (AvgIpc) is 3.05. The van der Waals surface area contributed by atoms with Crippen LogP contribution in [0.1, 0.15) is 30.2 Å². The van der Waals surface area contributed by atoms with Crippen molar-refractivity contribution in [1.29, 1.82) is 0 Å². The minimum atomic E-state index is 0. The molecule has 0 saturated heterocycles. The number of guanidine groups is 1. The van der Waals surface area contributed by atoms with Crippen molar-refractivity contribution in [3.8, 4) is 0 Å². The molecule has 0 fully saturated rings. The first-order valence-corrected chi connectivity index (χ1v) is 8.27. The van der Waals surface area contributed by atoms with E-state index in [2.05, 4.69) is 59.1 Å². The lowest BCUT2D eigenvalue weighted by atomic mass is 10.1. The smallest absolute Gasteiger partial charge is 0.191 e. The molecular weight excluding hydrogens is 405 g/mol. The van der Waals surface area contributed by atoms with E-state index in [1.54, 1.807) is 11.3 Å². The second kappa shape index (κ2) is 10.6. The van der Waals surface area contributed by atoms with Crippen molar-refractivity contribution in [2.45, 2.75) is 26.3 Å². The van der Waals surface area contributed by atoms with Crippen molar-refractivity contribution in [2.24, 2.45) is 4.99 Å². The molecule has 0 aliphatic heterocycles. The highest BCUT2D eigenvalue weighted by molar-refractivity contribution is 14.0.